The van der Waals surface area contributed by atoms with Crippen LogP contribution in [-0.2, 0) is 14.4 Å². The molecule has 0 aromatic rings. The number of nitrogens with two attached hydrogens (primary N) is 3. The van der Waals surface area contributed by atoms with E-state index in [0.717, 1.165) is 12.8 Å². The fourth-order valence-electron chi connectivity index (χ4n) is 0.548. The normalized spacial score (nSPS) is 10.1. The van der Waals surface area contributed by atoms with E-state index in [1.165, 1.54) is 0 Å². The van der Waals surface area contributed by atoms with E-state index in [1.807, 2.05) is 6.92 Å². The Bertz CT molecular complexity index is 246. The first-order valence-electron chi connectivity index (χ1n) is 5.54. The third kappa shape index (κ3) is 31.4. The molecule has 9 heteroatoms. The SMILES string of the molecule is CCCC[C@H](N)C(=O)O.NCC(=O)O.NCC(=O)O. The molecule has 0 heterocycles. The van der Waals surface area contributed by atoms with Gasteiger partial charge in [0.1, 0.15) is 6.04 Å². The maximum absolute atomic E-state index is 10.1. The van der Waals surface area contributed by atoms with Crippen LogP contribution in [0.15, 0.2) is 0 Å². The molecular weight excluding hydrogens is 258 g/mol. The van der Waals surface area contributed by atoms with Crippen LogP contribution in [0.2, 0.25) is 0 Å². The van der Waals surface area contributed by atoms with Crippen LogP contribution in [0.5, 0.6) is 0 Å². The van der Waals surface area contributed by atoms with E-state index in [-0.39, 0.29) is 13.1 Å². The molecule has 0 amide bonds. The van der Waals surface area contributed by atoms with Crippen LogP contribution in [0, 0.1) is 0 Å². The van der Waals surface area contributed by atoms with Crippen molar-refractivity contribution in [2.75, 3.05) is 13.1 Å². The zero-order valence-corrected chi connectivity index (χ0v) is 10.9. The Labute approximate surface area is 111 Å². The predicted molar refractivity (Wildman–Crippen MR) is 68.5 cm³/mol. The van der Waals surface area contributed by atoms with E-state index in [1.54, 1.807) is 0 Å². The number of rotatable bonds is 6. The van der Waals surface area contributed by atoms with Gasteiger partial charge in [-0.25, -0.2) is 0 Å². The van der Waals surface area contributed by atoms with Crippen LogP contribution in [0.4, 0.5) is 0 Å². The van der Waals surface area contributed by atoms with Gasteiger partial charge < -0.3 is 32.5 Å². The topological polar surface area (TPSA) is 190 Å². The molecule has 0 saturated carbocycles. The van der Waals surface area contributed by atoms with Crippen LogP contribution >= 0.6 is 0 Å². The summed E-state index contributed by atoms with van der Waals surface area (Å²) in [5, 5.41) is 23.5. The van der Waals surface area contributed by atoms with Gasteiger partial charge in [0, 0.05) is 0 Å². The molecule has 0 bridgehead atoms. The lowest BCUT2D eigenvalue weighted by Gasteiger charge is -2.02. The maximum atomic E-state index is 10.1. The van der Waals surface area contributed by atoms with Crippen LogP contribution in [-0.4, -0.2) is 52.4 Å². The van der Waals surface area contributed by atoms with Gasteiger partial charge in [-0.05, 0) is 6.42 Å². The van der Waals surface area contributed by atoms with E-state index in [0.29, 0.717) is 6.42 Å². The highest BCUT2D eigenvalue weighted by Crippen LogP contribution is 1.96. The molecule has 0 spiro atoms. The van der Waals surface area contributed by atoms with Gasteiger partial charge in [0.15, 0.2) is 0 Å². The molecule has 0 aliphatic carbocycles. The van der Waals surface area contributed by atoms with Gasteiger partial charge in [0.25, 0.3) is 0 Å². The Morgan fingerprint density at radius 1 is 1.00 bits per heavy atom. The van der Waals surface area contributed by atoms with Gasteiger partial charge in [-0.2, -0.15) is 0 Å². The van der Waals surface area contributed by atoms with Gasteiger partial charge in [0.05, 0.1) is 13.1 Å². The van der Waals surface area contributed by atoms with E-state index in [2.05, 4.69) is 11.5 Å². The molecule has 0 unspecified atom stereocenters. The summed E-state index contributed by atoms with van der Waals surface area (Å²) in [6.45, 7) is 1.45. The average Bonchev–Trinajstić information content (AvgIpc) is 2.36. The summed E-state index contributed by atoms with van der Waals surface area (Å²) in [7, 11) is 0. The maximum Gasteiger partial charge on any atom is 0.320 e. The molecule has 114 valence electrons. The van der Waals surface area contributed by atoms with Crippen LogP contribution in [0.1, 0.15) is 26.2 Å². The highest BCUT2D eigenvalue weighted by molar-refractivity contribution is 5.72. The lowest BCUT2D eigenvalue weighted by atomic mass is 10.1. The van der Waals surface area contributed by atoms with Gasteiger partial charge in [-0.15, -0.1) is 0 Å². The van der Waals surface area contributed by atoms with Crippen molar-refractivity contribution in [3.05, 3.63) is 0 Å². The predicted octanol–water partition coefficient (Wildman–Crippen LogP) is -1.35. The van der Waals surface area contributed by atoms with Gasteiger partial charge in [-0.3, -0.25) is 14.4 Å². The fourth-order valence-corrected chi connectivity index (χ4v) is 0.548. The zero-order valence-electron chi connectivity index (χ0n) is 10.9. The van der Waals surface area contributed by atoms with E-state index < -0.39 is 23.9 Å². The van der Waals surface area contributed by atoms with Crippen LogP contribution in [0.25, 0.3) is 0 Å². The lowest BCUT2D eigenvalue weighted by molar-refractivity contribution is -0.139. The first-order valence-corrected chi connectivity index (χ1v) is 5.54. The minimum atomic E-state index is -0.968. The second kappa shape index (κ2) is 16.3. The molecule has 0 radical (unpaired) electrons. The molecule has 1 atom stereocenters. The second-order valence-corrected chi connectivity index (χ2v) is 3.28. The van der Waals surface area contributed by atoms with Crippen LogP contribution < -0.4 is 17.2 Å². The quantitative estimate of drug-likeness (QED) is 0.341. The van der Waals surface area contributed by atoms with Crippen molar-refractivity contribution < 1.29 is 29.7 Å². The van der Waals surface area contributed by atoms with Crippen molar-refractivity contribution in [1.29, 1.82) is 0 Å². The second-order valence-electron chi connectivity index (χ2n) is 3.28. The summed E-state index contributed by atoms with van der Waals surface area (Å²) in [4.78, 5) is 28.6. The molecular formula is C10H23N3O6. The largest absolute Gasteiger partial charge is 0.480 e. The van der Waals surface area contributed by atoms with Crippen molar-refractivity contribution >= 4 is 17.9 Å². The summed E-state index contributed by atoms with van der Waals surface area (Å²) in [6.07, 6.45) is 2.49. The van der Waals surface area contributed by atoms with Crippen molar-refractivity contribution in [3.63, 3.8) is 0 Å². The van der Waals surface area contributed by atoms with Gasteiger partial charge in [0.2, 0.25) is 0 Å². The third-order valence-electron chi connectivity index (χ3n) is 1.54. The highest BCUT2D eigenvalue weighted by Gasteiger charge is 2.08. The van der Waals surface area contributed by atoms with Crippen molar-refractivity contribution in [2.45, 2.75) is 32.2 Å². The fraction of sp³-hybridized carbons (Fsp3) is 0.700. The Morgan fingerprint density at radius 3 is 1.47 bits per heavy atom. The molecule has 0 saturated heterocycles. The van der Waals surface area contributed by atoms with Gasteiger partial charge in [-0.1, -0.05) is 19.8 Å². The van der Waals surface area contributed by atoms with Crippen LogP contribution in [0.3, 0.4) is 0 Å². The highest BCUT2D eigenvalue weighted by atomic mass is 16.4. The number of aliphatic carboxylic acids is 3. The Morgan fingerprint density at radius 2 is 1.32 bits per heavy atom. The first kappa shape index (κ1) is 22.5. The van der Waals surface area contributed by atoms with E-state index >= 15 is 0 Å². The summed E-state index contributed by atoms with van der Waals surface area (Å²) in [5.41, 5.74) is 14.3. The molecule has 9 N–H and O–H groups in total. The standard InChI is InChI=1S/C6H13NO2.2C2H5NO2/c1-2-3-4-5(7)6(8)9;2*3-1-2(4)5/h5H,2-4,7H2,1H3,(H,8,9);2*1,3H2,(H,4,5)/t5-;;/m0../s1. The number of carboxylic acid groups (broad SMARTS) is 3. The molecule has 19 heavy (non-hydrogen) atoms. The number of carbonyl (C=O) groups is 3. The Balaban J connectivity index is -0.000000219. The molecule has 9 nitrogen and oxygen atoms in total. The zero-order chi connectivity index (χ0) is 15.8. The van der Waals surface area contributed by atoms with Crippen molar-refractivity contribution in [1.82, 2.24) is 0 Å². The average molecular weight is 281 g/mol. The minimum Gasteiger partial charge on any atom is -0.480 e. The number of carboxylic acids is 3. The monoisotopic (exact) mass is 281 g/mol. The number of unbranched alkanes of at least 4 members (excludes halogenated alkanes) is 1. The molecule has 0 aromatic heterocycles. The summed E-state index contributed by atoms with van der Waals surface area (Å²) >= 11 is 0. The molecule has 0 aromatic carbocycles. The van der Waals surface area contributed by atoms with E-state index in [4.69, 9.17) is 21.1 Å². The first-order chi connectivity index (χ1) is 8.72. The number of hydrogen-bond acceptors (Lipinski definition) is 6. The Hall–Kier alpha value is -1.71. The molecule has 0 aliphatic rings. The summed E-state index contributed by atoms with van der Waals surface area (Å²) in [5.74, 6) is -2.83. The number of hydrogen-bond donors (Lipinski definition) is 6. The molecule has 0 fully saturated rings. The van der Waals surface area contributed by atoms with Crippen molar-refractivity contribution in [3.8, 4) is 0 Å². The third-order valence-corrected chi connectivity index (χ3v) is 1.54. The molecule has 0 rings (SSSR count). The van der Waals surface area contributed by atoms with E-state index in [9.17, 15) is 14.4 Å². The minimum absolute atomic E-state index is 0.278. The smallest absolute Gasteiger partial charge is 0.320 e. The lowest BCUT2D eigenvalue weighted by Crippen LogP contribution is -2.29. The summed E-state index contributed by atoms with van der Waals surface area (Å²) in [6, 6.07) is -0.662. The Kier molecular flexibility index (Phi) is 19.3. The van der Waals surface area contributed by atoms with Crippen molar-refractivity contribution in [2.24, 2.45) is 17.2 Å². The summed E-state index contributed by atoms with van der Waals surface area (Å²) < 4.78 is 0. The molecule has 0 aliphatic heterocycles. The van der Waals surface area contributed by atoms with Gasteiger partial charge >= 0.3 is 17.9 Å².